The first kappa shape index (κ1) is 15.7. The number of rotatable bonds is 4. The van der Waals surface area contributed by atoms with E-state index >= 15 is 0 Å². The van der Waals surface area contributed by atoms with Crippen LogP contribution in [-0.4, -0.2) is 26.9 Å². The molecule has 0 spiro atoms. The molecule has 0 saturated heterocycles. The molecular weight excluding hydrogens is 308 g/mol. The van der Waals surface area contributed by atoms with E-state index in [1.807, 2.05) is 32.0 Å². The molecule has 0 aliphatic carbocycles. The fourth-order valence-electron chi connectivity index (χ4n) is 2.64. The van der Waals surface area contributed by atoms with Gasteiger partial charge in [0.05, 0.1) is 17.3 Å². The van der Waals surface area contributed by atoms with Crippen molar-refractivity contribution < 1.29 is 19.7 Å². The normalized spacial score (nSPS) is 11.1. The van der Waals surface area contributed by atoms with Crippen LogP contribution in [0.2, 0.25) is 0 Å². The highest BCUT2D eigenvalue weighted by molar-refractivity contribution is 5.95. The summed E-state index contributed by atoms with van der Waals surface area (Å²) in [6.07, 6.45) is 1.80. The van der Waals surface area contributed by atoms with Gasteiger partial charge in [-0.1, -0.05) is 0 Å². The van der Waals surface area contributed by atoms with Gasteiger partial charge in [0.15, 0.2) is 0 Å². The molecule has 1 heterocycles. The maximum Gasteiger partial charge on any atom is 0.339 e. The van der Waals surface area contributed by atoms with Crippen LogP contribution in [0.4, 0.5) is 5.69 Å². The maximum atomic E-state index is 11.0. The van der Waals surface area contributed by atoms with Crippen molar-refractivity contribution >= 4 is 22.6 Å². The van der Waals surface area contributed by atoms with E-state index in [0.29, 0.717) is 11.4 Å². The Morgan fingerprint density at radius 1 is 1.21 bits per heavy atom. The third-order valence-corrected chi connectivity index (χ3v) is 3.67. The smallest absolute Gasteiger partial charge is 0.339 e. The standard InChI is InChI=1S/C18H18N2O4/c1-10(2)24-12-4-6-16-14(8-12)15(19)9-20(16)11-3-5-13(18(22)23)17(21)7-11/h3-10,21H,19H2,1-2H3,(H,22,23). The topological polar surface area (TPSA) is 97.7 Å². The van der Waals surface area contributed by atoms with Crippen LogP contribution in [0.5, 0.6) is 11.5 Å². The molecule has 0 radical (unpaired) electrons. The number of carbonyl (C=O) groups is 1. The Morgan fingerprint density at radius 3 is 2.58 bits per heavy atom. The average Bonchev–Trinajstić information content (AvgIpc) is 2.83. The van der Waals surface area contributed by atoms with Crippen LogP contribution in [0.1, 0.15) is 24.2 Å². The molecule has 0 aliphatic rings. The lowest BCUT2D eigenvalue weighted by Gasteiger charge is -2.11. The van der Waals surface area contributed by atoms with Gasteiger partial charge < -0.3 is 25.3 Å². The molecule has 0 aliphatic heterocycles. The van der Waals surface area contributed by atoms with Gasteiger partial charge in [-0.3, -0.25) is 0 Å². The van der Waals surface area contributed by atoms with E-state index in [1.165, 1.54) is 12.1 Å². The fraction of sp³-hybridized carbons (Fsp3) is 0.167. The third kappa shape index (κ3) is 2.74. The molecule has 2 aromatic carbocycles. The second kappa shape index (κ2) is 5.81. The number of nitrogens with two attached hydrogens (primary N) is 1. The SMILES string of the molecule is CC(C)Oc1ccc2c(c1)c(N)cn2-c1ccc(C(=O)O)c(O)c1. The highest BCUT2D eigenvalue weighted by atomic mass is 16.5. The minimum atomic E-state index is -1.17. The van der Waals surface area contributed by atoms with Crippen LogP contribution in [0, 0.1) is 0 Å². The van der Waals surface area contributed by atoms with Gasteiger partial charge >= 0.3 is 5.97 Å². The van der Waals surface area contributed by atoms with Gasteiger partial charge in [0, 0.05) is 23.3 Å². The van der Waals surface area contributed by atoms with E-state index < -0.39 is 5.97 Å². The van der Waals surface area contributed by atoms with Crippen molar-refractivity contribution in [1.29, 1.82) is 0 Å². The molecule has 0 fully saturated rings. The van der Waals surface area contributed by atoms with Crippen molar-refractivity contribution in [3.8, 4) is 17.2 Å². The molecule has 124 valence electrons. The highest BCUT2D eigenvalue weighted by Crippen LogP contribution is 2.32. The summed E-state index contributed by atoms with van der Waals surface area (Å²) in [6.45, 7) is 3.90. The van der Waals surface area contributed by atoms with Gasteiger partial charge in [0.25, 0.3) is 0 Å². The number of ether oxygens (including phenoxy) is 1. The zero-order valence-corrected chi connectivity index (χ0v) is 13.4. The van der Waals surface area contributed by atoms with Gasteiger partial charge in [0.2, 0.25) is 0 Å². The Kier molecular flexibility index (Phi) is 3.81. The molecule has 0 bridgehead atoms. The molecule has 0 amide bonds. The number of aromatic hydroxyl groups is 1. The lowest BCUT2D eigenvalue weighted by atomic mass is 10.1. The Hall–Kier alpha value is -3.15. The second-order valence-electron chi connectivity index (χ2n) is 5.81. The van der Waals surface area contributed by atoms with Gasteiger partial charge in [-0.25, -0.2) is 4.79 Å². The Labute approximate surface area is 138 Å². The number of aromatic nitrogens is 1. The van der Waals surface area contributed by atoms with Gasteiger partial charge in [-0.15, -0.1) is 0 Å². The van der Waals surface area contributed by atoms with E-state index in [0.717, 1.165) is 16.7 Å². The Balaban J connectivity index is 2.10. The summed E-state index contributed by atoms with van der Waals surface area (Å²) in [7, 11) is 0. The van der Waals surface area contributed by atoms with Crippen LogP contribution < -0.4 is 10.5 Å². The summed E-state index contributed by atoms with van der Waals surface area (Å²) < 4.78 is 7.48. The number of aromatic carboxylic acids is 1. The van der Waals surface area contributed by atoms with E-state index in [1.54, 1.807) is 16.8 Å². The van der Waals surface area contributed by atoms with Crippen LogP contribution in [0.3, 0.4) is 0 Å². The number of phenols is 1. The summed E-state index contributed by atoms with van der Waals surface area (Å²) in [4.78, 5) is 11.0. The molecule has 3 rings (SSSR count). The lowest BCUT2D eigenvalue weighted by molar-refractivity contribution is 0.0693. The number of carboxylic acid groups (broad SMARTS) is 1. The number of anilines is 1. The Morgan fingerprint density at radius 2 is 1.96 bits per heavy atom. The molecule has 0 atom stereocenters. The first-order valence-electron chi connectivity index (χ1n) is 7.50. The summed E-state index contributed by atoms with van der Waals surface area (Å²) in [6, 6.07) is 9.99. The summed E-state index contributed by atoms with van der Waals surface area (Å²) >= 11 is 0. The van der Waals surface area contributed by atoms with E-state index in [2.05, 4.69) is 0 Å². The predicted molar refractivity (Wildman–Crippen MR) is 92.1 cm³/mol. The lowest BCUT2D eigenvalue weighted by Crippen LogP contribution is -2.05. The highest BCUT2D eigenvalue weighted by Gasteiger charge is 2.13. The van der Waals surface area contributed by atoms with Crippen molar-refractivity contribution in [2.24, 2.45) is 0 Å². The maximum absolute atomic E-state index is 11.0. The number of nitrogens with zero attached hydrogens (tertiary/aromatic N) is 1. The first-order valence-corrected chi connectivity index (χ1v) is 7.50. The molecule has 3 aromatic rings. The monoisotopic (exact) mass is 326 g/mol. The molecule has 1 aromatic heterocycles. The fourth-order valence-corrected chi connectivity index (χ4v) is 2.64. The zero-order valence-electron chi connectivity index (χ0n) is 13.4. The first-order chi connectivity index (χ1) is 11.4. The molecule has 6 heteroatoms. The number of nitrogen functional groups attached to an aromatic ring is 1. The largest absolute Gasteiger partial charge is 0.507 e. The minimum absolute atomic E-state index is 0.0614. The van der Waals surface area contributed by atoms with Gasteiger partial charge in [-0.05, 0) is 44.2 Å². The van der Waals surface area contributed by atoms with Crippen molar-refractivity contribution in [1.82, 2.24) is 4.57 Å². The van der Waals surface area contributed by atoms with E-state index in [4.69, 9.17) is 15.6 Å². The van der Waals surface area contributed by atoms with E-state index in [9.17, 15) is 9.90 Å². The van der Waals surface area contributed by atoms with Gasteiger partial charge in [0.1, 0.15) is 17.1 Å². The van der Waals surface area contributed by atoms with Gasteiger partial charge in [-0.2, -0.15) is 0 Å². The zero-order chi connectivity index (χ0) is 17.4. The molecule has 0 saturated carbocycles. The summed E-state index contributed by atoms with van der Waals surface area (Å²) in [5.74, 6) is -0.738. The predicted octanol–water partition coefficient (Wildman–Crippen LogP) is 3.40. The van der Waals surface area contributed by atoms with Crippen molar-refractivity contribution in [2.45, 2.75) is 20.0 Å². The van der Waals surface area contributed by atoms with Crippen molar-refractivity contribution in [3.63, 3.8) is 0 Å². The minimum Gasteiger partial charge on any atom is -0.507 e. The molecule has 6 nitrogen and oxygen atoms in total. The molecule has 0 unspecified atom stereocenters. The number of benzene rings is 2. The summed E-state index contributed by atoms with van der Waals surface area (Å²) in [5.41, 5.74) is 7.99. The van der Waals surface area contributed by atoms with Crippen LogP contribution >= 0.6 is 0 Å². The Bertz CT molecular complexity index is 928. The van der Waals surface area contributed by atoms with Crippen molar-refractivity contribution in [2.75, 3.05) is 5.73 Å². The third-order valence-electron chi connectivity index (χ3n) is 3.67. The number of hydrogen-bond acceptors (Lipinski definition) is 4. The average molecular weight is 326 g/mol. The van der Waals surface area contributed by atoms with E-state index in [-0.39, 0.29) is 17.4 Å². The van der Waals surface area contributed by atoms with Crippen LogP contribution in [0.25, 0.3) is 16.6 Å². The number of carboxylic acids is 1. The molecule has 4 N–H and O–H groups in total. The van der Waals surface area contributed by atoms with Crippen LogP contribution in [-0.2, 0) is 0 Å². The summed E-state index contributed by atoms with van der Waals surface area (Å²) in [5, 5.41) is 19.7. The van der Waals surface area contributed by atoms with Crippen molar-refractivity contribution in [3.05, 3.63) is 48.2 Å². The number of fused-ring (bicyclic) bond motifs is 1. The molecule has 24 heavy (non-hydrogen) atoms. The second-order valence-corrected chi connectivity index (χ2v) is 5.81. The number of hydrogen-bond donors (Lipinski definition) is 3. The molecular formula is C18H18N2O4. The van der Waals surface area contributed by atoms with Crippen LogP contribution in [0.15, 0.2) is 42.6 Å². The quantitative estimate of drug-likeness (QED) is 0.682.